The molecule has 19 heteroatoms. The Morgan fingerprint density at radius 3 is 0.821 bits per heavy atom. The summed E-state index contributed by atoms with van der Waals surface area (Å²) in [6.07, 6.45) is 103. The van der Waals surface area contributed by atoms with Gasteiger partial charge < -0.3 is 33.8 Å². The van der Waals surface area contributed by atoms with Crippen LogP contribution in [0.3, 0.4) is 0 Å². The number of hydrogen-bond acceptors (Lipinski definition) is 15. The van der Waals surface area contributed by atoms with E-state index in [9.17, 15) is 43.2 Å². The number of carbonyl (C=O) groups is 4. The van der Waals surface area contributed by atoms with Crippen molar-refractivity contribution in [3.05, 3.63) is 194 Å². The van der Waals surface area contributed by atoms with Gasteiger partial charge in [-0.3, -0.25) is 37.3 Å². The van der Waals surface area contributed by atoms with E-state index in [1.807, 2.05) is 36.5 Å². The van der Waals surface area contributed by atoms with Crippen molar-refractivity contribution in [2.75, 3.05) is 39.6 Å². The van der Waals surface area contributed by atoms with Gasteiger partial charge in [-0.2, -0.15) is 0 Å². The second-order valence-electron chi connectivity index (χ2n) is 27.7. The van der Waals surface area contributed by atoms with E-state index in [1.165, 1.54) is 77.0 Å². The first kappa shape index (κ1) is 106. The number of carbonyl (C=O) groups excluding carboxylic acids is 4. The highest BCUT2D eigenvalue weighted by Crippen LogP contribution is 2.45. The summed E-state index contributed by atoms with van der Waals surface area (Å²) in [5.41, 5.74) is 0. The maximum atomic E-state index is 13.1. The summed E-state index contributed by atoms with van der Waals surface area (Å²) < 4.78 is 68.6. The molecular weight excluding hydrogens is 1450 g/mol. The topological polar surface area (TPSA) is 237 Å². The number of phosphoric acid groups is 2. The number of aliphatic hydroxyl groups is 1. The highest BCUT2D eigenvalue weighted by molar-refractivity contribution is 7.47. The Morgan fingerprint density at radius 1 is 0.259 bits per heavy atom. The lowest BCUT2D eigenvalue weighted by atomic mass is 10.1. The second kappa shape index (κ2) is 82.9. The number of phosphoric ester groups is 2. The number of ether oxygens (including phenoxy) is 4. The van der Waals surface area contributed by atoms with E-state index in [1.54, 1.807) is 0 Å². The number of hydrogen-bond donors (Lipinski definition) is 3. The van der Waals surface area contributed by atoms with Gasteiger partial charge in [-0.1, -0.05) is 306 Å². The molecule has 112 heavy (non-hydrogen) atoms. The molecule has 0 spiro atoms. The molecule has 5 atom stereocenters. The molecule has 0 saturated carbocycles. The standard InChI is InChI=1S/C93H150O17P2/c1-5-9-13-17-21-25-29-33-37-40-43-46-50-53-57-61-65-69-73-77-90(95)103-83-88(109-92(97)79-75-71-67-63-59-55-49-36-32-28-24-20-16-12-8-4)85-107-111(99,100)105-81-87(94)82-106-112(101,102)108-86-89(110-93(98)80-76-72-68-64-60-56-52-48-45-42-39-35-31-27-23-19-15-11-7-3)84-104-91(96)78-74-70-66-62-58-54-51-47-44-41-38-34-30-26-22-18-14-10-6-2/h9,13,21-23,25-27,33-39,43-49,53-54,56-58,60,66,68,70,72,87-89,94H,5-8,10-12,14-20,24,28-32,40-42,50-52,55,59,61-65,67,69,71,73-86H2,1-4H3,(H,99,100)(H,101,102)/b13-9-,25-21-,26-22-,27-23-,37-33-,38-34-,39-35-,46-43-,47-44-,48-45-,49-36-,57-53-,58-54-,60-56-,70-66-,72-68-/t87-,88-,89-/m1/s1. The minimum Gasteiger partial charge on any atom is -0.462 e. The SMILES string of the molecule is CC/C=C\C/C=C\C/C=C\C/C=C\C/C=C\CCCCCC(=O)OC[C@H](COP(=O)(O)OC[C@@H](O)COP(=O)(O)OC[C@@H](COC(=O)CC/C=C\C/C=C\C/C=C\C/C=C\C/C=C\CCCCC)OC(=O)CC/C=C\C/C=C\C/C=C\C/C=C\C/C=C\CCCCC)OC(=O)CCCCCCC/C=C\CCCCCCCC. The lowest BCUT2D eigenvalue weighted by molar-refractivity contribution is -0.161. The van der Waals surface area contributed by atoms with E-state index in [-0.39, 0.29) is 25.7 Å². The maximum Gasteiger partial charge on any atom is 0.472 e. The Morgan fingerprint density at radius 2 is 0.482 bits per heavy atom. The molecule has 0 aromatic heterocycles. The van der Waals surface area contributed by atoms with Gasteiger partial charge in [-0.05, 0) is 173 Å². The van der Waals surface area contributed by atoms with Crippen LogP contribution in [0, 0.1) is 0 Å². The molecule has 634 valence electrons. The van der Waals surface area contributed by atoms with Gasteiger partial charge >= 0.3 is 39.5 Å². The van der Waals surface area contributed by atoms with Crippen molar-refractivity contribution in [2.45, 2.75) is 329 Å². The van der Waals surface area contributed by atoms with E-state index in [4.69, 9.17) is 37.0 Å². The predicted molar refractivity (Wildman–Crippen MR) is 463 cm³/mol. The van der Waals surface area contributed by atoms with Crippen LogP contribution in [0.2, 0.25) is 0 Å². The number of rotatable bonds is 78. The van der Waals surface area contributed by atoms with Gasteiger partial charge in [0.25, 0.3) is 0 Å². The van der Waals surface area contributed by atoms with Crippen LogP contribution in [0.4, 0.5) is 0 Å². The van der Waals surface area contributed by atoms with E-state index < -0.39 is 97.5 Å². The van der Waals surface area contributed by atoms with Crippen LogP contribution in [0.1, 0.15) is 310 Å². The summed E-state index contributed by atoms with van der Waals surface area (Å²) in [6, 6.07) is 0. The highest BCUT2D eigenvalue weighted by atomic mass is 31.2. The zero-order valence-electron chi connectivity index (χ0n) is 69.5. The molecule has 0 aliphatic carbocycles. The van der Waals surface area contributed by atoms with Crippen molar-refractivity contribution >= 4 is 39.5 Å². The van der Waals surface area contributed by atoms with Crippen LogP contribution in [0.5, 0.6) is 0 Å². The third-order valence-corrected chi connectivity index (χ3v) is 18.9. The molecule has 0 heterocycles. The molecule has 0 fully saturated rings. The third kappa shape index (κ3) is 81.9. The van der Waals surface area contributed by atoms with Crippen LogP contribution < -0.4 is 0 Å². The summed E-state index contributed by atoms with van der Waals surface area (Å²) in [6.45, 7) is 4.48. The molecule has 0 bridgehead atoms. The third-order valence-electron chi connectivity index (χ3n) is 17.0. The van der Waals surface area contributed by atoms with Crippen LogP contribution in [0.25, 0.3) is 0 Å². The summed E-state index contributed by atoms with van der Waals surface area (Å²) in [5, 5.41) is 10.7. The first-order valence-electron chi connectivity index (χ1n) is 42.7. The molecule has 3 N–H and O–H groups in total. The maximum absolute atomic E-state index is 13.1. The van der Waals surface area contributed by atoms with Gasteiger partial charge in [0.15, 0.2) is 12.2 Å². The van der Waals surface area contributed by atoms with Crippen LogP contribution in [-0.4, -0.2) is 96.7 Å². The normalized spacial score (nSPS) is 14.7. The fourth-order valence-electron chi connectivity index (χ4n) is 10.6. The average molecular weight is 1600 g/mol. The highest BCUT2D eigenvalue weighted by Gasteiger charge is 2.30. The smallest absolute Gasteiger partial charge is 0.462 e. The minimum absolute atomic E-state index is 0.0145. The van der Waals surface area contributed by atoms with Gasteiger partial charge in [0.1, 0.15) is 19.3 Å². The Kier molecular flexibility index (Phi) is 78.4. The van der Waals surface area contributed by atoms with Crippen LogP contribution >= 0.6 is 15.6 Å². The first-order chi connectivity index (χ1) is 54.7. The summed E-state index contributed by atoms with van der Waals surface area (Å²) in [7, 11) is -10.0. The molecule has 17 nitrogen and oxygen atoms in total. The molecule has 0 aliphatic heterocycles. The monoisotopic (exact) mass is 1600 g/mol. The van der Waals surface area contributed by atoms with Crippen molar-refractivity contribution in [3.8, 4) is 0 Å². The van der Waals surface area contributed by atoms with Crippen molar-refractivity contribution in [1.82, 2.24) is 0 Å². The van der Waals surface area contributed by atoms with Gasteiger partial charge in [-0.15, -0.1) is 0 Å². The molecule has 0 saturated heterocycles. The first-order valence-corrected chi connectivity index (χ1v) is 45.7. The zero-order valence-corrected chi connectivity index (χ0v) is 71.3. The molecule has 0 rings (SSSR count). The summed E-state index contributed by atoms with van der Waals surface area (Å²) >= 11 is 0. The lowest BCUT2D eigenvalue weighted by Crippen LogP contribution is -2.30. The Bertz CT molecular complexity index is 2890. The predicted octanol–water partition coefficient (Wildman–Crippen LogP) is 25.7. The second-order valence-corrected chi connectivity index (χ2v) is 30.6. The number of allylic oxidation sites excluding steroid dienone is 32. The Labute approximate surface area is 678 Å². The fourth-order valence-corrected chi connectivity index (χ4v) is 12.1. The molecule has 2 unspecified atom stereocenters. The average Bonchev–Trinajstić information content (AvgIpc) is 0.898. The molecule has 0 amide bonds. The quantitative estimate of drug-likeness (QED) is 0.0169. The van der Waals surface area contributed by atoms with Gasteiger partial charge in [-0.25, -0.2) is 9.13 Å². The summed E-state index contributed by atoms with van der Waals surface area (Å²) in [4.78, 5) is 73.2. The molecule has 0 aromatic rings. The van der Waals surface area contributed by atoms with Crippen molar-refractivity contribution in [3.63, 3.8) is 0 Å². The van der Waals surface area contributed by atoms with Gasteiger partial charge in [0.2, 0.25) is 0 Å². The molecule has 0 aromatic carbocycles. The van der Waals surface area contributed by atoms with E-state index >= 15 is 0 Å². The number of esters is 4. The molecule has 0 aliphatic rings. The Balaban J connectivity index is 5.57. The van der Waals surface area contributed by atoms with Crippen molar-refractivity contribution < 1.29 is 80.2 Å². The minimum atomic E-state index is -5.03. The number of unbranched alkanes of at least 4 members (excludes halogenated alkanes) is 20. The zero-order chi connectivity index (χ0) is 81.7. The van der Waals surface area contributed by atoms with Gasteiger partial charge in [0.05, 0.1) is 26.4 Å². The van der Waals surface area contributed by atoms with Crippen LogP contribution in [-0.2, 0) is 65.4 Å². The summed E-state index contributed by atoms with van der Waals surface area (Å²) in [5.74, 6) is -2.43. The van der Waals surface area contributed by atoms with Crippen molar-refractivity contribution in [1.29, 1.82) is 0 Å². The molecular formula is C93H150O17P2. The van der Waals surface area contributed by atoms with Gasteiger partial charge in [0, 0.05) is 25.7 Å². The van der Waals surface area contributed by atoms with E-state index in [2.05, 4.69) is 186 Å². The largest absolute Gasteiger partial charge is 0.472 e. The molecule has 0 radical (unpaired) electrons. The van der Waals surface area contributed by atoms with E-state index in [0.717, 1.165) is 141 Å². The van der Waals surface area contributed by atoms with E-state index in [0.29, 0.717) is 38.5 Å². The Hall–Kier alpha value is -6.10. The lowest BCUT2D eigenvalue weighted by Gasteiger charge is -2.21. The fraction of sp³-hybridized carbons (Fsp3) is 0.613. The van der Waals surface area contributed by atoms with Crippen molar-refractivity contribution in [2.24, 2.45) is 0 Å². The number of aliphatic hydroxyl groups excluding tert-OH is 1. The van der Waals surface area contributed by atoms with Crippen LogP contribution in [0.15, 0.2) is 194 Å².